The number of anilines is 1. The van der Waals surface area contributed by atoms with Gasteiger partial charge in [-0.1, -0.05) is 20.3 Å². The van der Waals surface area contributed by atoms with Gasteiger partial charge in [-0.3, -0.25) is 14.9 Å². The Morgan fingerprint density at radius 3 is 2.60 bits per heavy atom. The molecule has 0 aromatic heterocycles. The minimum atomic E-state index is -1.22. The Labute approximate surface area is 114 Å². The molecular formula is C12H15F2N3O3. The second kappa shape index (κ2) is 6.38. The number of nitro benzene ring substituents is 1. The molecule has 0 aliphatic heterocycles. The van der Waals surface area contributed by atoms with Crippen LogP contribution in [-0.4, -0.2) is 16.9 Å². The van der Waals surface area contributed by atoms with Gasteiger partial charge in [-0.05, 0) is 5.92 Å². The average Bonchev–Trinajstić information content (AvgIpc) is 2.39. The van der Waals surface area contributed by atoms with E-state index in [0.717, 1.165) is 0 Å². The minimum Gasteiger partial charge on any atom is -0.320 e. The number of hydrogen-bond acceptors (Lipinski definition) is 4. The van der Waals surface area contributed by atoms with E-state index in [1.807, 2.05) is 6.92 Å². The van der Waals surface area contributed by atoms with Crippen LogP contribution in [0, 0.1) is 27.7 Å². The molecule has 0 saturated heterocycles. The van der Waals surface area contributed by atoms with Gasteiger partial charge in [0, 0.05) is 6.07 Å². The highest BCUT2D eigenvalue weighted by Crippen LogP contribution is 2.29. The van der Waals surface area contributed by atoms with Crippen molar-refractivity contribution in [1.82, 2.24) is 0 Å². The number of nitrogens with two attached hydrogens (primary N) is 1. The normalized spacial score (nSPS) is 13.7. The number of nitrogens with zero attached hydrogens (tertiary/aromatic N) is 1. The summed E-state index contributed by atoms with van der Waals surface area (Å²) in [4.78, 5) is 21.6. The number of hydrogen-bond donors (Lipinski definition) is 2. The summed E-state index contributed by atoms with van der Waals surface area (Å²) < 4.78 is 26.5. The van der Waals surface area contributed by atoms with E-state index in [2.05, 4.69) is 5.32 Å². The van der Waals surface area contributed by atoms with Crippen LogP contribution in [0.2, 0.25) is 0 Å². The van der Waals surface area contributed by atoms with Crippen molar-refractivity contribution >= 4 is 17.3 Å². The largest absolute Gasteiger partial charge is 0.320 e. The van der Waals surface area contributed by atoms with Crippen molar-refractivity contribution in [2.45, 2.75) is 26.3 Å². The van der Waals surface area contributed by atoms with E-state index in [1.165, 1.54) is 0 Å². The summed E-state index contributed by atoms with van der Waals surface area (Å²) in [5.41, 5.74) is 4.11. The molecule has 0 heterocycles. The maximum atomic E-state index is 13.6. The number of halogens is 2. The fourth-order valence-corrected chi connectivity index (χ4v) is 1.55. The van der Waals surface area contributed by atoms with Crippen LogP contribution in [-0.2, 0) is 4.79 Å². The monoisotopic (exact) mass is 287 g/mol. The standard InChI is InChI=1S/C12H15F2N3O3/c1-3-6(2)10(15)12(18)16-11-8(14)4-7(13)5-9(11)17(19)20/h4-6,10H,3,15H2,1-2H3,(H,16,18). The summed E-state index contributed by atoms with van der Waals surface area (Å²) in [6.07, 6.45) is 0.614. The number of amides is 1. The van der Waals surface area contributed by atoms with E-state index >= 15 is 0 Å². The molecule has 0 bridgehead atoms. The number of nitrogens with one attached hydrogen (secondary N) is 1. The van der Waals surface area contributed by atoms with Crippen molar-refractivity contribution in [2.24, 2.45) is 11.7 Å². The van der Waals surface area contributed by atoms with Crippen molar-refractivity contribution < 1.29 is 18.5 Å². The van der Waals surface area contributed by atoms with Crippen LogP contribution in [0.25, 0.3) is 0 Å². The first-order valence-electron chi connectivity index (χ1n) is 5.97. The molecular weight excluding hydrogens is 272 g/mol. The van der Waals surface area contributed by atoms with Gasteiger partial charge in [-0.15, -0.1) is 0 Å². The Morgan fingerprint density at radius 1 is 1.50 bits per heavy atom. The molecule has 3 N–H and O–H groups in total. The third-order valence-electron chi connectivity index (χ3n) is 3.04. The summed E-state index contributed by atoms with van der Waals surface area (Å²) in [5, 5.41) is 12.8. The molecule has 1 amide bonds. The molecule has 0 fully saturated rings. The molecule has 1 aromatic carbocycles. The van der Waals surface area contributed by atoms with Crippen LogP contribution >= 0.6 is 0 Å². The summed E-state index contributed by atoms with van der Waals surface area (Å²) in [6.45, 7) is 3.54. The molecule has 0 aliphatic carbocycles. The highest BCUT2D eigenvalue weighted by molar-refractivity contribution is 5.96. The van der Waals surface area contributed by atoms with E-state index in [-0.39, 0.29) is 5.92 Å². The van der Waals surface area contributed by atoms with Crippen molar-refractivity contribution in [2.75, 3.05) is 5.32 Å². The maximum Gasteiger partial charge on any atom is 0.298 e. The summed E-state index contributed by atoms with van der Waals surface area (Å²) in [6, 6.07) is 0.0502. The first-order chi connectivity index (χ1) is 9.27. The number of nitro groups is 1. The zero-order valence-electron chi connectivity index (χ0n) is 11.0. The minimum absolute atomic E-state index is 0.183. The Morgan fingerprint density at radius 2 is 2.10 bits per heavy atom. The quantitative estimate of drug-likeness (QED) is 0.640. The van der Waals surface area contributed by atoms with Crippen molar-refractivity contribution in [1.29, 1.82) is 0 Å². The van der Waals surface area contributed by atoms with Gasteiger partial charge in [-0.2, -0.15) is 0 Å². The van der Waals surface area contributed by atoms with Crippen LogP contribution < -0.4 is 11.1 Å². The van der Waals surface area contributed by atoms with Gasteiger partial charge >= 0.3 is 0 Å². The molecule has 0 saturated carbocycles. The Bertz CT molecular complexity index is 537. The molecule has 1 rings (SSSR count). The van der Waals surface area contributed by atoms with E-state index in [0.29, 0.717) is 18.6 Å². The third kappa shape index (κ3) is 3.47. The van der Waals surface area contributed by atoms with E-state index in [9.17, 15) is 23.7 Å². The van der Waals surface area contributed by atoms with Gasteiger partial charge < -0.3 is 11.1 Å². The highest BCUT2D eigenvalue weighted by atomic mass is 19.1. The smallest absolute Gasteiger partial charge is 0.298 e. The van der Waals surface area contributed by atoms with Crippen molar-refractivity contribution in [3.05, 3.63) is 33.9 Å². The molecule has 0 aliphatic rings. The summed E-state index contributed by atoms with van der Waals surface area (Å²) in [5.74, 6) is -3.26. The molecule has 2 unspecified atom stereocenters. The first-order valence-corrected chi connectivity index (χ1v) is 5.97. The molecule has 6 nitrogen and oxygen atoms in total. The lowest BCUT2D eigenvalue weighted by Gasteiger charge is -2.17. The fourth-order valence-electron chi connectivity index (χ4n) is 1.55. The molecule has 1 aromatic rings. The maximum absolute atomic E-state index is 13.6. The van der Waals surface area contributed by atoms with Gasteiger partial charge in [0.05, 0.1) is 17.0 Å². The molecule has 20 heavy (non-hydrogen) atoms. The highest BCUT2D eigenvalue weighted by Gasteiger charge is 2.26. The van der Waals surface area contributed by atoms with E-state index in [1.54, 1.807) is 6.92 Å². The molecule has 0 spiro atoms. The number of carbonyl (C=O) groups excluding carboxylic acids is 1. The SMILES string of the molecule is CCC(C)C(N)C(=O)Nc1c(F)cc(F)cc1[N+](=O)[O-]. The Balaban J connectivity index is 3.09. The predicted molar refractivity (Wildman–Crippen MR) is 69.1 cm³/mol. The van der Waals surface area contributed by atoms with E-state index in [4.69, 9.17) is 5.73 Å². The van der Waals surface area contributed by atoms with Crippen LogP contribution in [0.5, 0.6) is 0 Å². The molecule has 0 radical (unpaired) electrons. The fraction of sp³-hybridized carbons (Fsp3) is 0.417. The number of benzene rings is 1. The van der Waals surface area contributed by atoms with Gasteiger partial charge in [0.25, 0.3) is 5.69 Å². The lowest BCUT2D eigenvalue weighted by Crippen LogP contribution is -2.40. The predicted octanol–water partition coefficient (Wildman–Crippen LogP) is 2.18. The number of rotatable bonds is 5. The topological polar surface area (TPSA) is 98.3 Å². The van der Waals surface area contributed by atoms with Gasteiger partial charge in [0.15, 0.2) is 11.5 Å². The third-order valence-corrected chi connectivity index (χ3v) is 3.04. The molecule has 2 atom stereocenters. The van der Waals surface area contributed by atoms with Crippen LogP contribution in [0.1, 0.15) is 20.3 Å². The second-order valence-electron chi connectivity index (χ2n) is 4.44. The molecule has 8 heteroatoms. The Hall–Kier alpha value is -2.09. The van der Waals surface area contributed by atoms with Gasteiger partial charge in [0.1, 0.15) is 5.82 Å². The van der Waals surface area contributed by atoms with E-state index < -0.39 is 39.9 Å². The van der Waals surface area contributed by atoms with Crippen molar-refractivity contribution in [3.63, 3.8) is 0 Å². The summed E-state index contributed by atoms with van der Waals surface area (Å²) in [7, 11) is 0. The van der Waals surface area contributed by atoms with Crippen LogP contribution in [0.3, 0.4) is 0 Å². The average molecular weight is 287 g/mol. The van der Waals surface area contributed by atoms with Gasteiger partial charge in [0.2, 0.25) is 5.91 Å². The van der Waals surface area contributed by atoms with Crippen LogP contribution in [0.4, 0.5) is 20.2 Å². The lowest BCUT2D eigenvalue weighted by molar-refractivity contribution is -0.384. The number of carbonyl (C=O) groups is 1. The second-order valence-corrected chi connectivity index (χ2v) is 4.44. The molecule has 110 valence electrons. The lowest BCUT2D eigenvalue weighted by atomic mass is 9.99. The van der Waals surface area contributed by atoms with Crippen molar-refractivity contribution in [3.8, 4) is 0 Å². The Kier molecular flexibility index (Phi) is 5.09. The zero-order valence-corrected chi connectivity index (χ0v) is 11.0. The van der Waals surface area contributed by atoms with Gasteiger partial charge in [-0.25, -0.2) is 8.78 Å². The zero-order chi connectivity index (χ0) is 15.4. The van der Waals surface area contributed by atoms with Crippen LogP contribution in [0.15, 0.2) is 12.1 Å². The summed E-state index contributed by atoms with van der Waals surface area (Å²) >= 11 is 0. The first kappa shape index (κ1) is 16.0.